The number of hydrogen-bond acceptors (Lipinski definition) is 2. The van der Waals surface area contributed by atoms with E-state index in [0.29, 0.717) is 0 Å². The van der Waals surface area contributed by atoms with Gasteiger partial charge in [0, 0.05) is 50.0 Å². The summed E-state index contributed by atoms with van der Waals surface area (Å²) in [5, 5.41) is 7.49. The molecule has 0 aliphatic heterocycles. The molecule has 2 aromatic heterocycles. The molecule has 9 aromatic rings. The molecule has 0 atom stereocenters. The van der Waals surface area contributed by atoms with E-state index in [2.05, 4.69) is 136 Å². The van der Waals surface area contributed by atoms with Gasteiger partial charge in [0.1, 0.15) is 0 Å². The number of nitrogens with one attached hydrogen (secondary N) is 1. The van der Waals surface area contributed by atoms with Crippen LogP contribution in [0.5, 0.6) is 0 Å². The van der Waals surface area contributed by atoms with Gasteiger partial charge in [0.2, 0.25) is 0 Å². The molecule has 0 spiro atoms. The number of amides is 1. The van der Waals surface area contributed by atoms with Crippen molar-refractivity contribution in [3.05, 3.63) is 176 Å². The van der Waals surface area contributed by atoms with Gasteiger partial charge in [-0.15, -0.1) is 0 Å². The first-order valence-electron chi connectivity index (χ1n) is 16.1. The van der Waals surface area contributed by atoms with E-state index in [1.165, 1.54) is 16.3 Å². The van der Waals surface area contributed by atoms with Crippen molar-refractivity contribution in [3.8, 4) is 5.69 Å². The molecule has 7 aromatic carbocycles. The van der Waals surface area contributed by atoms with E-state index in [9.17, 15) is 4.79 Å². The van der Waals surface area contributed by atoms with Gasteiger partial charge >= 0.3 is 6.03 Å². The number of fused-ring (bicyclic) bond motifs is 6. The fourth-order valence-corrected chi connectivity index (χ4v) is 7.00. The molecule has 5 heteroatoms. The number of para-hydroxylation sites is 5. The Bertz CT molecular complexity index is 2600. The third-order valence-electron chi connectivity index (χ3n) is 9.09. The lowest BCUT2D eigenvalue weighted by atomic mass is 10.1. The highest BCUT2D eigenvalue weighted by Gasteiger charge is 2.21. The van der Waals surface area contributed by atoms with Crippen molar-refractivity contribution >= 4 is 72.4 Å². The fourth-order valence-electron chi connectivity index (χ4n) is 7.00. The first-order chi connectivity index (χ1) is 23.7. The minimum Gasteiger partial charge on any atom is -0.310 e. The van der Waals surface area contributed by atoms with Gasteiger partial charge in [-0.1, -0.05) is 91.0 Å². The summed E-state index contributed by atoms with van der Waals surface area (Å²) in [6.45, 7) is 0. The number of rotatable bonds is 5. The number of hydrogen-bond donors (Lipinski definition) is 1. The second-order valence-corrected chi connectivity index (χ2v) is 11.9. The normalized spacial score (nSPS) is 11.4. The largest absolute Gasteiger partial charge is 0.330 e. The van der Waals surface area contributed by atoms with Crippen LogP contribution in [0.2, 0.25) is 0 Å². The zero-order chi connectivity index (χ0) is 32.0. The van der Waals surface area contributed by atoms with Crippen molar-refractivity contribution in [2.24, 2.45) is 0 Å². The summed E-state index contributed by atoms with van der Waals surface area (Å²) in [4.78, 5) is 16.0. The lowest BCUT2D eigenvalue weighted by molar-refractivity contribution is 0.255. The maximum Gasteiger partial charge on any atom is 0.330 e. The Morgan fingerprint density at radius 3 is 1.60 bits per heavy atom. The average Bonchev–Trinajstić information content (AvgIpc) is 3.65. The zero-order valence-electron chi connectivity index (χ0n) is 26.0. The van der Waals surface area contributed by atoms with Crippen molar-refractivity contribution in [1.82, 2.24) is 9.13 Å². The van der Waals surface area contributed by atoms with Gasteiger partial charge in [-0.3, -0.25) is 4.57 Å². The summed E-state index contributed by atoms with van der Waals surface area (Å²) in [6.07, 6.45) is 0. The van der Waals surface area contributed by atoms with Crippen molar-refractivity contribution in [2.45, 2.75) is 0 Å². The predicted octanol–water partition coefficient (Wildman–Crippen LogP) is 11.4. The molecule has 9 rings (SSSR count). The van der Waals surface area contributed by atoms with Crippen LogP contribution in [-0.2, 0) is 0 Å². The Labute approximate surface area is 277 Å². The Morgan fingerprint density at radius 1 is 0.438 bits per heavy atom. The first-order valence-corrected chi connectivity index (χ1v) is 16.1. The highest BCUT2D eigenvalue weighted by atomic mass is 16.2. The highest BCUT2D eigenvalue weighted by Crippen LogP contribution is 2.41. The standard InChI is InChI=1S/C43H30N4O/c48-43(44-30-14-4-1-5-15-30)47-40-23-13-11-21-36(40)38-29-34(25-27-42(38)47)45(31-16-6-2-7-17-31)33-24-26-41-37(28-33)35-20-10-12-22-39(35)46(41)32-18-8-3-9-19-32/h1-29H,(H,44,48). The van der Waals surface area contributed by atoms with Crippen molar-refractivity contribution < 1.29 is 4.79 Å². The summed E-state index contributed by atoms with van der Waals surface area (Å²) in [5.41, 5.74) is 9.03. The van der Waals surface area contributed by atoms with Crippen LogP contribution in [0.15, 0.2) is 176 Å². The number of benzene rings is 7. The summed E-state index contributed by atoms with van der Waals surface area (Å²) in [6, 6.07) is 60.2. The second kappa shape index (κ2) is 11.3. The van der Waals surface area contributed by atoms with E-state index in [1.807, 2.05) is 54.6 Å². The van der Waals surface area contributed by atoms with Gasteiger partial charge in [-0.2, -0.15) is 0 Å². The lowest BCUT2D eigenvalue weighted by Gasteiger charge is -2.26. The van der Waals surface area contributed by atoms with Gasteiger partial charge in [-0.25, -0.2) is 4.79 Å². The minimum absolute atomic E-state index is 0.194. The number of aromatic nitrogens is 2. The van der Waals surface area contributed by atoms with E-state index in [0.717, 1.165) is 55.8 Å². The van der Waals surface area contributed by atoms with Crippen molar-refractivity contribution in [2.75, 3.05) is 10.2 Å². The van der Waals surface area contributed by atoms with Crippen LogP contribution < -0.4 is 10.2 Å². The lowest BCUT2D eigenvalue weighted by Crippen LogP contribution is -2.19. The summed E-state index contributed by atoms with van der Waals surface area (Å²) in [5.74, 6) is 0. The molecular weight excluding hydrogens is 589 g/mol. The predicted molar refractivity (Wildman–Crippen MR) is 199 cm³/mol. The van der Waals surface area contributed by atoms with Crippen LogP contribution in [0.1, 0.15) is 0 Å². The van der Waals surface area contributed by atoms with Crippen LogP contribution in [0.4, 0.5) is 27.5 Å². The quantitative estimate of drug-likeness (QED) is 0.208. The molecule has 0 fully saturated rings. The molecule has 0 bridgehead atoms. The van der Waals surface area contributed by atoms with E-state index < -0.39 is 0 Å². The third-order valence-corrected chi connectivity index (χ3v) is 9.09. The molecule has 228 valence electrons. The SMILES string of the molecule is O=C(Nc1ccccc1)n1c2ccccc2c2cc(N(c3ccccc3)c3ccc4c(c3)c3ccccc3n4-c3ccccc3)ccc21. The minimum atomic E-state index is -0.194. The molecule has 1 amide bonds. The van der Waals surface area contributed by atoms with E-state index in [1.54, 1.807) is 4.57 Å². The molecular formula is C43H30N4O. The molecule has 48 heavy (non-hydrogen) atoms. The molecule has 0 aliphatic carbocycles. The van der Waals surface area contributed by atoms with Crippen molar-refractivity contribution in [3.63, 3.8) is 0 Å². The van der Waals surface area contributed by atoms with Crippen LogP contribution in [-0.4, -0.2) is 15.2 Å². The molecule has 0 saturated heterocycles. The Morgan fingerprint density at radius 2 is 0.917 bits per heavy atom. The average molecular weight is 619 g/mol. The van der Waals surface area contributed by atoms with Crippen LogP contribution >= 0.6 is 0 Å². The summed E-state index contributed by atoms with van der Waals surface area (Å²) >= 11 is 0. The van der Waals surface area contributed by atoms with E-state index in [-0.39, 0.29) is 6.03 Å². The zero-order valence-corrected chi connectivity index (χ0v) is 26.0. The first kappa shape index (κ1) is 27.7. The molecule has 5 nitrogen and oxygen atoms in total. The smallest absolute Gasteiger partial charge is 0.310 e. The van der Waals surface area contributed by atoms with E-state index >= 15 is 0 Å². The highest BCUT2D eigenvalue weighted by molar-refractivity contribution is 6.16. The number of carbonyl (C=O) groups is 1. The fraction of sp³-hybridized carbons (Fsp3) is 0. The Kier molecular flexibility index (Phi) is 6.54. The number of nitrogens with zero attached hydrogens (tertiary/aromatic N) is 3. The number of carbonyl (C=O) groups excluding carboxylic acids is 1. The van der Waals surface area contributed by atoms with Crippen LogP contribution in [0, 0.1) is 0 Å². The molecule has 0 saturated carbocycles. The monoisotopic (exact) mass is 618 g/mol. The molecule has 0 aliphatic rings. The van der Waals surface area contributed by atoms with E-state index in [4.69, 9.17) is 0 Å². The second-order valence-electron chi connectivity index (χ2n) is 11.9. The third kappa shape index (κ3) is 4.52. The van der Waals surface area contributed by atoms with Gasteiger partial charge in [0.15, 0.2) is 0 Å². The van der Waals surface area contributed by atoms with Gasteiger partial charge in [-0.05, 0) is 84.9 Å². The van der Waals surface area contributed by atoms with Crippen LogP contribution in [0.25, 0.3) is 49.3 Å². The molecule has 2 heterocycles. The Balaban J connectivity index is 1.23. The maximum atomic E-state index is 13.7. The summed E-state index contributed by atoms with van der Waals surface area (Å²) in [7, 11) is 0. The van der Waals surface area contributed by atoms with Crippen LogP contribution in [0.3, 0.4) is 0 Å². The molecule has 0 radical (unpaired) electrons. The summed E-state index contributed by atoms with van der Waals surface area (Å²) < 4.78 is 4.11. The van der Waals surface area contributed by atoms with Crippen molar-refractivity contribution in [1.29, 1.82) is 0 Å². The molecule has 0 unspecified atom stereocenters. The van der Waals surface area contributed by atoms with Gasteiger partial charge in [0.05, 0.1) is 22.1 Å². The molecule has 1 N–H and O–H groups in total. The van der Waals surface area contributed by atoms with Gasteiger partial charge < -0.3 is 14.8 Å². The number of anilines is 4. The topological polar surface area (TPSA) is 42.2 Å². The maximum absolute atomic E-state index is 13.7. The Hall–Kier alpha value is -6.59. The van der Waals surface area contributed by atoms with Gasteiger partial charge in [0.25, 0.3) is 0 Å².